The molecular weight excluding hydrogens is 432 g/mol. The van der Waals surface area contributed by atoms with Gasteiger partial charge in [0.2, 0.25) is 0 Å². The fourth-order valence-corrected chi connectivity index (χ4v) is 3.07. The van der Waals surface area contributed by atoms with Crippen LogP contribution in [0.15, 0.2) is 71.8 Å². The van der Waals surface area contributed by atoms with E-state index >= 15 is 0 Å². The second-order valence-corrected chi connectivity index (χ2v) is 7.75. The Hall–Kier alpha value is -4.46. The van der Waals surface area contributed by atoms with E-state index in [1.54, 1.807) is 42.5 Å². The minimum atomic E-state index is -0.882. The van der Waals surface area contributed by atoms with Crippen molar-refractivity contribution in [3.05, 3.63) is 89.0 Å². The summed E-state index contributed by atoms with van der Waals surface area (Å²) in [7, 11) is 0. The number of anilines is 2. The molecule has 34 heavy (non-hydrogen) atoms. The SMILES string of the molecule is Cc1cccc(NC(=O)C(=O)N/N=C\c2ccc(OCC(=O)Nc3ccc(C)cc3C)cc2)c1. The first kappa shape index (κ1) is 24.2. The molecule has 0 aliphatic rings. The molecule has 0 fully saturated rings. The number of amides is 3. The molecule has 0 atom stereocenters. The van der Waals surface area contributed by atoms with Gasteiger partial charge in [-0.2, -0.15) is 5.10 Å². The van der Waals surface area contributed by atoms with E-state index < -0.39 is 11.8 Å². The summed E-state index contributed by atoms with van der Waals surface area (Å²) in [5.74, 6) is -1.45. The molecule has 3 N–H and O–H groups in total. The summed E-state index contributed by atoms with van der Waals surface area (Å²) in [6.07, 6.45) is 1.40. The molecule has 0 saturated heterocycles. The van der Waals surface area contributed by atoms with Gasteiger partial charge in [-0.05, 0) is 79.9 Å². The fraction of sp³-hybridized carbons (Fsp3) is 0.154. The van der Waals surface area contributed by atoms with Crippen molar-refractivity contribution in [2.24, 2.45) is 5.10 Å². The van der Waals surface area contributed by atoms with Gasteiger partial charge >= 0.3 is 11.8 Å². The molecule has 0 bridgehead atoms. The highest BCUT2D eigenvalue weighted by atomic mass is 16.5. The maximum Gasteiger partial charge on any atom is 0.329 e. The lowest BCUT2D eigenvalue weighted by atomic mass is 10.1. The third kappa shape index (κ3) is 7.30. The quantitative estimate of drug-likeness (QED) is 0.285. The van der Waals surface area contributed by atoms with Gasteiger partial charge in [0.25, 0.3) is 5.91 Å². The number of carbonyl (C=O) groups excluding carboxylic acids is 3. The zero-order chi connectivity index (χ0) is 24.5. The van der Waals surface area contributed by atoms with Gasteiger partial charge in [-0.15, -0.1) is 0 Å². The van der Waals surface area contributed by atoms with Crippen LogP contribution in [0.2, 0.25) is 0 Å². The predicted molar refractivity (Wildman–Crippen MR) is 132 cm³/mol. The number of nitrogens with zero attached hydrogens (tertiary/aromatic N) is 1. The maximum absolute atomic E-state index is 12.2. The molecule has 8 heteroatoms. The van der Waals surface area contributed by atoms with E-state index in [9.17, 15) is 14.4 Å². The molecule has 3 amide bonds. The van der Waals surface area contributed by atoms with Gasteiger partial charge in [0.1, 0.15) is 5.75 Å². The van der Waals surface area contributed by atoms with E-state index in [4.69, 9.17) is 4.74 Å². The molecule has 3 aromatic carbocycles. The highest BCUT2D eigenvalue weighted by Crippen LogP contribution is 2.16. The Morgan fingerprint density at radius 3 is 2.29 bits per heavy atom. The largest absolute Gasteiger partial charge is 0.484 e. The van der Waals surface area contributed by atoms with E-state index in [1.165, 1.54) is 6.21 Å². The van der Waals surface area contributed by atoms with E-state index in [0.717, 1.165) is 22.4 Å². The summed E-state index contributed by atoms with van der Waals surface area (Å²) >= 11 is 0. The Morgan fingerprint density at radius 2 is 1.59 bits per heavy atom. The Morgan fingerprint density at radius 1 is 0.853 bits per heavy atom. The van der Waals surface area contributed by atoms with Crippen molar-refractivity contribution in [2.45, 2.75) is 20.8 Å². The molecule has 8 nitrogen and oxygen atoms in total. The van der Waals surface area contributed by atoms with Crippen molar-refractivity contribution in [3.63, 3.8) is 0 Å². The second-order valence-electron chi connectivity index (χ2n) is 7.75. The standard InChI is InChI=1S/C26H26N4O4/c1-17-5-4-6-21(14-17)28-25(32)26(33)30-27-15-20-8-10-22(11-9-20)34-16-24(31)29-23-12-7-18(2)13-19(23)3/h4-15H,16H2,1-3H3,(H,28,32)(H,29,31)(H,30,33)/b27-15-. The van der Waals surface area contributed by atoms with E-state index in [1.807, 2.05) is 45.0 Å². The van der Waals surface area contributed by atoms with Crippen molar-refractivity contribution < 1.29 is 19.1 Å². The Bertz CT molecular complexity index is 1220. The minimum absolute atomic E-state index is 0.132. The molecule has 3 aromatic rings. The molecule has 0 radical (unpaired) electrons. The Kier molecular flexibility index (Phi) is 8.12. The number of rotatable bonds is 7. The third-order valence-electron chi connectivity index (χ3n) is 4.77. The second kappa shape index (κ2) is 11.4. The summed E-state index contributed by atoms with van der Waals surface area (Å²) in [5.41, 5.74) is 7.21. The highest BCUT2D eigenvalue weighted by molar-refractivity contribution is 6.39. The number of hydrazone groups is 1. The van der Waals surface area contributed by atoms with Gasteiger partial charge in [-0.25, -0.2) is 5.43 Å². The van der Waals surface area contributed by atoms with Crippen LogP contribution >= 0.6 is 0 Å². The predicted octanol–water partition coefficient (Wildman–Crippen LogP) is 3.72. The van der Waals surface area contributed by atoms with Crippen molar-refractivity contribution in [1.29, 1.82) is 0 Å². The van der Waals surface area contributed by atoms with Crippen LogP contribution in [-0.2, 0) is 14.4 Å². The average molecular weight is 459 g/mol. The van der Waals surface area contributed by atoms with E-state index in [-0.39, 0.29) is 12.5 Å². The first-order chi connectivity index (χ1) is 16.3. The number of carbonyl (C=O) groups is 3. The average Bonchev–Trinajstić information content (AvgIpc) is 2.80. The van der Waals surface area contributed by atoms with Crippen LogP contribution in [0, 0.1) is 20.8 Å². The maximum atomic E-state index is 12.2. The molecule has 0 unspecified atom stereocenters. The van der Waals surface area contributed by atoms with Crippen molar-refractivity contribution in [1.82, 2.24) is 5.43 Å². The van der Waals surface area contributed by atoms with Gasteiger partial charge in [0, 0.05) is 11.4 Å². The molecule has 0 heterocycles. The van der Waals surface area contributed by atoms with Gasteiger partial charge < -0.3 is 15.4 Å². The minimum Gasteiger partial charge on any atom is -0.484 e. The number of hydrogen-bond donors (Lipinski definition) is 3. The molecular formula is C26H26N4O4. The topological polar surface area (TPSA) is 109 Å². The van der Waals surface area contributed by atoms with Crippen LogP contribution in [0.5, 0.6) is 5.75 Å². The fourth-order valence-electron chi connectivity index (χ4n) is 3.07. The first-order valence-electron chi connectivity index (χ1n) is 10.6. The first-order valence-corrected chi connectivity index (χ1v) is 10.6. The number of aryl methyl sites for hydroxylation is 3. The lowest BCUT2D eigenvalue weighted by Crippen LogP contribution is -2.32. The third-order valence-corrected chi connectivity index (χ3v) is 4.77. The molecule has 3 rings (SSSR count). The van der Waals surface area contributed by atoms with Crippen molar-refractivity contribution in [3.8, 4) is 5.75 Å². The van der Waals surface area contributed by atoms with Gasteiger partial charge in [0.15, 0.2) is 6.61 Å². The smallest absolute Gasteiger partial charge is 0.329 e. The number of benzene rings is 3. The molecule has 0 aliphatic heterocycles. The zero-order valence-electron chi connectivity index (χ0n) is 19.2. The lowest BCUT2D eigenvalue weighted by Gasteiger charge is -2.10. The van der Waals surface area contributed by atoms with Crippen LogP contribution in [0.4, 0.5) is 11.4 Å². The van der Waals surface area contributed by atoms with Gasteiger partial charge in [-0.3, -0.25) is 14.4 Å². The molecule has 0 saturated carbocycles. The normalized spacial score (nSPS) is 10.6. The van der Waals surface area contributed by atoms with Crippen LogP contribution < -0.4 is 20.8 Å². The van der Waals surface area contributed by atoms with Crippen molar-refractivity contribution in [2.75, 3.05) is 17.2 Å². The zero-order valence-corrected chi connectivity index (χ0v) is 19.2. The molecule has 174 valence electrons. The Labute approximate surface area is 198 Å². The summed E-state index contributed by atoms with van der Waals surface area (Å²) in [4.78, 5) is 36.0. The summed E-state index contributed by atoms with van der Waals surface area (Å²) in [6, 6.07) is 19.7. The highest BCUT2D eigenvalue weighted by Gasteiger charge is 2.12. The molecule has 0 aromatic heterocycles. The van der Waals surface area contributed by atoms with Gasteiger partial charge in [-0.1, -0.05) is 29.8 Å². The van der Waals surface area contributed by atoms with Crippen LogP contribution in [0.1, 0.15) is 22.3 Å². The van der Waals surface area contributed by atoms with Crippen LogP contribution in [0.25, 0.3) is 0 Å². The lowest BCUT2D eigenvalue weighted by molar-refractivity contribution is -0.136. The van der Waals surface area contributed by atoms with E-state index in [2.05, 4.69) is 21.2 Å². The number of nitrogens with one attached hydrogen (secondary N) is 3. The molecule has 0 spiro atoms. The number of ether oxygens (including phenoxy) is 1. The van der Waals surface area contributed by atoms with Crippen molar-refractivity contribution >= 4 is 35.3 Å². The van der Waals surface area contributed by atoms with Gasteiger partial charge in [0.05, 0.1) is 6.21 Å². The Balaban J connectivity index is 1.44. The number of hydrogen-bond acceptors (Lipinski definition) is 5. The summed E-state index contributed by atoms with van der Waals surface area (Å²) in [5, 5.41) is 9.13. The monoisotopic (exact) mass is 458 g/mol. The molecule has 0 aliphatic carbocycles. The summed E-state index contributed by atoms with van der Waals surface area (Å²) < 4.78 is 5.52. The van der Waals surface area contributed by atoms with E-state index in [0.29, 0.717) is 17.0 Å². The van der Waals surface area contributed by atoms with Crippen LogP contribution in [-0.4, -0.2) is 30.5 Å². The van der Waals surface area contributed by atoms with Crippen LogP contribution in [0.3, 0.4) is 0 Å². The summed E-state index contributed by atoms with van der Waals surface area (Å²) in [6.45, 7) is 5.68.